The van der Waals surface area contributed by atoms with Gasteiger partial charge in [0.2, 0.25) is 0 Å². The summed E-state index contributed by atoms with van der Waals surface area (Å²) in [5, 5.41) is 9.97. The van der Waals surface area contributed by atoms with Crippen LogP contribution in [0.4, 0.5) is 0 Å². The standard InChI is InChI=1S/C9H5BrCl2N2S/c10-9-14-13-8(15-9)4-5-1-2-6(11)7(12)3-5/h1-3H,4H2. The van der Waals surface area contributed by atoms with Gasteiger partial charge in [-0.2, -0.15) is 0 Å². The molecule has 0 radical (unpaired) electrons. The Kier molecular flexibility index (Phi) is 3.61. The molecular weight excluding hydrogens is 319 g/mol. The zero-order valence-electron chi connectivity index (χ0n) is 7.38. The number of rotatable bonds is 2. The molecule has 0 aliphatic carbocycles. The molecule has 2 rings (SSSR count). The first-order valence-electron chi connectivity index (χ1n) is 4.07. The molecule has 1 aromatic carbocycles. The Morgan fingerprint density at radius 2 is 2.00 bits per heavy atom. The van der Waals surface area contributed by atoms with Gasteiger partial charge in [-0.05, 0) is 33.6 Å². The van der Waals surface area contributed by atoms with Crippen LogP contribution in [0.15, 0.2) is 22.1 Å². The summed E-state index contributed by atoms with van der Waals surface area (Å²) in [5.74, 6) is 0. The molecule has 2 aromatic rings. The van der Waals surface area contributed by atoms with Crippen molar-refractivity contribution in [3.05, 3.63) is 42.7 Å². The highest BCUT2D eigenvalue weighted by molar-refractivity contribution is 9.11. The van der Waals surface area contributed by atoms with E-state index in [1.807, 2.05) is 12.1 Å². The van der Waals surface area contributed by atoms with Crippen LogP contribution in [0.5, 0.6) is 0 Å². The van der Waals surface area contributed by atoms with Crippen LogP contribution >= 0.6 is 50.5 Å². The largest absolute Gasteiger partial charge is 0.183 e. The number of benzene rings is 1. The Hall–Kier alpha value is -0.160. The molecule has 15 heavy (non-hydrogen) atoms. The Morgan fingerprint density at radius 1 is 1.20 bits per heavy atom. The normalized spacial score (nSPS) is 10.6. The van der Waals surface area contributed by atoms with Crippen LogP contribution in [0.25, 0.3) is 0 Å². The van der Waals surface area contributed by atoms with Crippen LogP contribution in [-0.4, -0.2) is 10.2 Å². The monoisotopic (exact) mass is 322 g/mol. The van der Waals surface area contributed by atoms with Gasteiger partial charge in [-0.1, -0.05) is 40.6 Å². The van der Waals surface area contributed by atoms with Crippen molar-refractivity contribution in [1.29, 1.82) is 0 Å². The lowest BCUT2D eigenvalue weighted by Crippen LogP contribution is -1.87. The number of halogens is 3. The third-order valence-corrected chi connectivity index (χ3v) is 3.88. The predicted octanol–water partition coefficient (Wildman–Crippen LogP) is 4.20. The molecule has 0 N–H and O–H groups in total. The third kappa shape index (κ3) is 2.91. The topological polar surface area (TPSA) is 25.8 Å². The van der Waals surface area contributed by atoms with Gasteiger partial charge >= 0.3 is 0 Å². The molecule has 0 fully saturated rings. The second-order valence-corrected chi connectivity index (χ2v) is 6.03. The zero-order chi connectivity index (χ0) is 10.8. The SMILES string of the molecule is Clc1ccc(Cc2nnc(Br)s2)cc1Cl. The molecule has 0 aliphatic heterocycles. The molecule has 1 aromatic heterocycles. The maximum atomic E-state index is 5.91. The van der Waals surface area contributed by atoms with Gasteiger partial charge in [0.05, 0.1) is 10.0 Å². The first-order chi connectivity index (χ1) is 7.15. The van der Waals surface area contributed by atoms with E-state index >= 15 is 0 Å². The molecule has 0 spiro atoms. The average Bonchev–Trinajstić information content (AvgIpc) is 2.58. The van der Waals surface area contributed by atoms with E-state index in [9.17, 15) is 0 Å². The average molecular weight is 324 g/mol. The summed E-state index contributed by atoms with van der Waals surface area (Å²) >= 11 is 16.5. The predicted molar refractivity (Wildman–Crippen MR) is 66.9 cm³/mol. The van der Waals surface area contributed by atoms with E-state index < -0.39 is 0 Å². The van der Waals surface area contributed by atoms with E-state index in [0.29, 0.717) is 10.0 Å². The van der Waals surface area contributed by atoms with Crippen molar-refractivity contribution in [2.45, 2.75) is 6.42 Å². The molecule has 0 atom stereocenters. The molecule has 78 valence electrons. The minimum absolute atomic E-state index is 0.567. The lowest BCUT2D eigenvalue weighted by atomic mass is 10.2. The van der Waals surface area contributed by atoms with Crippen LogP contribution < -0.4 is 0 Å². The van der Waals surface area contributed by atoms with E-state index in [0.717, 1.165) is 20.9 Å². The zero-order valence-corrected chi connectivity index (χ0v) is 11.3. The maximum Gasteiger partial charge on any atom is 0.183 e. The fourth-order valence-corrected chi connectivity index (χ4v) is 2.69. The fraction of sp³-hybridized carbons (Fsp3) is 0.111. The second-order valence-electron chi connectivity index (χ2n) is 2.87. The van der Waals surface area contributed by atoms with Gasteiger partial charge in [0.1, 0.15) is 5.01 Å². The van der Waals surface area contributed by atoms with Gasteiger partial charge in [0.25, 0.3) is 0 Å². The van der Waals surface area contributed by atoms with E-state index in [4.69, 9.17) is 23.2 Å². The summed E-state index contributed by atoms with van der Waals surface area (Å²) in [7, 11) is 0. The van der Waals surface area contributed by atoms with Crippen molar-refractivity contribution < 1.29 is 0 Å². The Balaban J connectivity index is 2.21. The molecule has 2 nitrogen and oxygen atoms in total. The van der Waals surface area contributed by atoms with Gasteiger partial charge in [-0.25, -0.2) is 0 Å². The van der Waals surface area contributed by atoms with Crippen molar-refractivity contribution in [2.75, 3.05) is 0 Å². The molecule has 1 heterocycles. The number of hydrogen-bond donors (Lipinski definition) is 0. The highest BCUT2D eigenvalue weighted by atomic mass is 79.9. The molecule has 0 amide bonds. The summed E-state index contributed by atoms with van der Waals surface area (Å²) in [6, 6.07) is 5.57. The van der Waals surface area contributed by atoms with Crippen molar-refractivity contribution in [3.63, 3.8) is 0 Å². The number of aromatic nitrogens is 2. The van der Waals surface area contributed by atoms with Gasteiger partial charge in [-0.15, -0.1) is 10.2 Å². The Labute approximate surface area is 109 Å². The maximum absolute atomic E-state index is 5.91. The minimum Gasteiger partial charge on any atom is -0.142 e. The van der Waals surface area contributed by atoms with Crippen LogP contribution in [0.2, 0.25) is 10.0 Å². The van der Waals surface area contributed by atoms with E-state index in [-0.39, 0.29) is 0 Å². The molecule has 0 unspecified atom stereocenters. The van der Waals surface area contributed by atoms with Crippen LogP contribution in [0.3, 0.4) is 0 Å². The summed E-state index contributed by atoms with van der Waals surface area (Å²) < 4.78 is 0.789. The highest BCUT2D eigenvalue weighted by Crippen LogP contribution is 2.25. The van der Waals surface area contributed by atoms with Crippen LogP contribution in [0.1, 0.15) is 10.6 Å². The quantitative estimate of drug-likeness (QED) is 0.827. The molecule has 0 saturated heterocycles. The summed E-state index contributed by atoms with van der Waals surface area (Å²) in [4.78, 5) is 0. The van der Waals surface area contributed by atoms with Gasteiger partial charge in [-0.3, -0.25) is 0 Å². The first kappa shape index (κ1) is 11.3. The smallest absolute Gasteiger partial charge is 0.142 e. The molecule has 0 saturated carbocycles. The Morgan fingerprint density at radius 3 is 2.60 bits per heavy atom. The molecular formula is C9H5BrCl2N2S. The van der Waals surface area contributed by atoms with Gasteiger partial charge in [0, 0.05) is 6.42 Å². The van der Waals surface area contributed by atoms with Gasteiger partial charge < -0.3 is 0 Å². The minimum atomic E-state index is 0.567. The highest BCUT2D eigenvalue weighted by Gasteiger charge is 2.04. The molecule has 6 heteroatoms. The third-order valence-electron chi connectivity index (χ3n) is 1.78. The van der Waals surface area contributed by atoms with Crippen molar-refractivity contribution in [3.8, 4) is 0 Å². The Bertz CT molecular complexity index is 487. The summed E-state index contributed by atoms with van der Waals surface area (Å²) in [6.07, 6.45) is 0.722. The van der Waals surface area contributed by atoms with E-state index in [2.05, 4.69) is 26.1 Å². The fourth-order valence-electron chi connectivity index (χ4n) is 1.13. The number of hydrogen-bond acceptors (Lipinski definition) is 3. The van der Waals surface area contributed by atoms with Crippen molar-refractivity contribution in [1.82, 2.24) is 10.2 Å². The number of nitrogens with zero attached hydrogens (tertiary/aromatic N) is 2. The molecule has 0 bridgehead atoms. The van der Waals surface area contributed by atoms with E-state index in [1.165, 1.54) is 11.3 Å². The lowest BCUT2D eigenvalue weighted by Gasteiger charge is -1.99. The van der Waals surface area contributed by atoms with E-state index in [1.54, 1.807) is 6.07 Å². The van der Waals surface area contributed by atoms with Crippen molar-refractivity contribution in [2.24, 2.45) is 0 Å². The summed E-state index contributed by atoms with van der Waals surface area (Å²) in [5.41, 5.74) is 1.08. The second kappa shape index (κ2) is 4.78. The molecule has 0 aliphatic rings. The van der Waals surface area contributed by atoms with Crippen LogP contribution in [0, 0.1) is 0 Å². The first-order valence-corrected chi connectivity index (χ1v) is 6.43. The van der Waals surface area contributed by atoms with Crippen molar-refractivity contribution >= 4 is 50.5 Å². The van der Waals surface area contributed by atoms with Crippen LogP contribution in [-0.2, 0) is 6.42 Å². The lowest BCUT2D eigenvalue weighted by molar-refractivity contribution is 0.993. The summed E-state index contributed by atoms with van der Waals surface area (Å²) in [6.45, 7) is 0. The van der Waals surface area contributed by atoms with Gasteiger partial charge in [0.15, 0.2) is 3.92 Å².